The number of anilines is 1. The molecule has 0 spiro atoms. The van der Waals surface area contributed by atoms with Crippen LogP contribution in [0.2, 0.25) is 0 Å². The van der Waals surface area contributed by atoms with E-state index in [1.807, 2.05) is 0 Å². The van der Waals surface area contributed by atoms with Crippen LogP contribution in [0.3, 0.4) is 0 Å². The van der Waals surface area contributed by atoms with Crippen LogP contribution in [0.15, 0.2) is 36.4 Å². The maximum absolute atomic E-state index is 13.3. The first kappa shape index (κ1) is 25.7. The molecule has 10 nitrogen and oxygen atoms in total. The SMILES string of the molecule is Cc1cc(CNc2cccc3c2C(=O)N(C2CCC(=O)NC2=O)C3=O)ccc1CN1CC(N2CCOCC2)C1. The largest absolute Gasteiger partial charge is 0.380 e. The number of carbonyl (C=O) groups is 4. The molecule has 4 aliphatic heterocycles. The second-order valence-corrected chi connectivity index (χ2v) is 10.8. The van der Waals surface area contributed by atoms with Crippen molar-refractivity contribution in [3.05, 3.63) is 64.2 Å². The van der Waals surface area contributed by atoms with Gasteiger partial charge in [-0.3, -0.25) is 39.2 Å². The Morgan fingerprint density at radius 1 is 1.03 bits per heavy atom. The van der Waals surface area contributed by atoms with E-state index in [0.29, 0.717) is 18.3 Å². The Kier molecular flexibility index (Phi) is 6.92. The summed E-state index contributed by atoms with van der Waals surface area (Å²) in [6, 6.07) is 11.2. The topological polar surface area (TPSA) is 111 Å². The monoisotopic (exact) mass is 531 g/mol. The molecule has 0 bridgehead atoms. The van der Waals surface area contributed by atoms with Gasteiger partial charge in [-0.25, -0.2) is 0 Å². The summed E-state index contributed by atoms with van der Waals surface area (Å²) in [6.45, 7) is 9.43. The third-order valence-electron chi connectivity index (χ3n) is 8.25. The molecule has 10 heteroatoms. The minimum absolute atomic E-state index is 0.0937. The van der Waals surface area contributed by atoms with E-state index < -0.39 is 29.7 Å². The molecule has 4 heterocycles. The summed E-state index contributed by atoms with van der Waals surface area (Å²) in [5.74, 6) is -2.02. The Labute approximate surface area is 227 Å². The number of ether oxygens (including phenoxy) is 1. The Bertz CT molecular complexity index is 1330. The van der Waals surface area contributed by atoms with E-state index in [9.17, 15) is 19.2 Å². The van der Waals surface area contributed by atoms with Crippen LogP contribution in [0.25, 0.3) is 0 Å². The van der Waals surface area contributed by atoms with Crippen molar-refractivity contribution in [1.82, 2.24) is 20.0 Å². The summed E-state index contributed by atoms with van der Waals surface area (Å²) in [6.07, 6.45) is 0.228. The molecule has 0 aromatic heterocycles. The number of amides is 4. The summed E-state index contributed by atoms with van der Waals surface area (Å²) in [4.78, 5) is 56.3. The van der Waals surface area contributed by atoms with E-state index in [1.165, 1.54) is 11.1 Å². The molecule has 1 unspecified atom stereocenters. The van der Waals surface area contributed by atoms with E-state index in [2.05, 4.69) is 45.6 Å². The van der Waals surface area contributed by atoms with Crippen molar-refractivity contribution < 1.29 is 23.9 Å². The third kappa shape index (κ3) is 4.95. The number of nitrogens with zero attached hydrogens (tertiary/aromatic N) is 3. The van der Waals surface area contributed by atoms with Gasteiger partial charge in [0.25, 0.3) is 11.8 Å². The first-order valence-electron chi connectivity index (χ1n) is 13.6. The van der Waals surface area contributed by atoms with Gasteiger partial charge in [-0.05, 0) is 42.2 Å². The lowest BCUT2D eigenvalue weighted by Gasteiger charge is -2.46. The molecular weight excluding hydrogens is 498 g/mol. The van der Waals surface area contributed by atoms with Crippen molar-refractivity contribution in [2.45, 2.75) is 44.9 Å². The van der Waals surface area contributed by atoms with Crippen LogP contribution in [0, 0.1) is 6.92 Å². The molecule has 1 atom stereocenters. The highest BCUT2D eigenvalue weighted by atomic mass is 16.5. The summed E-state index contributed by atoms with van der Waals surface area (Å²) in [7, 11) is 0. The van der Waals surface area contributed by atoms with Gasteiger partial charge in [-0.15, -0.1) is 0 Å². The van der Waals surface area contributed by atoms with Gasteiger partial charge in [-0.1, -0.05) is 24.3 Å². The summed E-state index contributed by atoms with van der Waals surface area (Å²) in [5, 5.41) is 5.56. The number of nitrogens with one attached hydrogen (secondary N) is 2. The number of benzene rings is 2. The number of likely N-dealkylation sites (tertiary alicyclic amines) is 1. The molecule has 3 fully saturated rings. The van der Waals surface area contributed by atoms with Crippen LogP contribution in [-0.2, 0) is 27.4 Å². The molecule has 2 N–H and O–H groups in total. The predicted molar refractivity (Wildman–Crippen MR) is 143 cm³/mol. The average molecular weight is 532 g/mol. The highest BCUT2D eigenvalue weighted by molar-refractivity contribution is 6.25. The van der Waals surface area contributed by atoms with Crippen LogP contribution < -0.4 is 10.6 Å². The highest BCUT2D eigenvalue weighted by Crippen LogP contribution is 2.32. The van der Waals surface area contributed by atoms with Crippen LogP contribution in [0.1, 0.15) is 50.2 Å². The normalized spacial score (nSPS) is 22.6. The molecule has 0 aliphatic carbocycles. The van der Waals surface area contributed by atoms with Gasteiger partial charge < -0.3 is 10.1 Å². The van der Waals surface area contributed by atoms with Gasteiger partial charge in [0, 0.05) is 57.4 Å². The number of imide groups is 2. The van der Waals surface area contributed by atoms with E-state index in [1.54, 1.807) is 18.2 Å². The van der Waals surface area contributed by atoms with Crippen molar-refractivity contribution in [1.29, 1.82) is 0 Å². The van der Waals surface area contributed by atoms with Crippen LogP contribution in [0.5, 0.6) is 0 Å². The molecule has 3 saturated heterocycles. The van der Waals surface area contributed by atoms with Crippen molar-refractivity contribution in [2.24, 2.45) is 0 Å². The molecule has 204 valence electrons. The molecule has 0 radical (unpaired) electrons. The van der Waals surface area contributed by atoms with E-state index in [-0.39, 0.29) is 24.0 Å². The fraction of sp³-hybridized carbons (Fsp3) is 0.448. The first-order chi connectivity index (χ1) is 18.9. The predicted octanol–water partition coefficient (Wildman–Crippen LogP) is 1.52. The van der Waals surface area contributed by atoms with Gasteiger partial charge in [0.1, 0.15) is 6.04 Å². The maximum Gasteiger partial charge on any atom is 0.264 e. The van der Waals surface area contributed by atoms with Crippen molar-refractivity contribution in [2.75, 3.05) is 44.7 Å². The fourth-order valence-corrected chi connectivity index (χ4v) is 5.99. The molecular formula is C29H33N5O5. The molecule has 39 heavy (non-hydrogen) atoms. The molecule has 6 rings (SSSR count). The van der Waals surface area contributed by atoms with Crippen LogP contribution in [-0.4, -0.2) is 89.8 Å². The number of aryl methyl sites for hydroxylation is 1. The third-order valence-corrected chi connectivity index (χ3v) is 8.25. The highest BCUT2D eigenvalue weighted by Gasteiger charge is 2.45. The summed E-state index contributed by atoms with van der Waals surface area (Å²) in [5.41, 5.74) is 4.69. The smallest absolute Gasteiger partial charge is 0.264 e. The molecule has 2 aromatic rings. The minimum Gasteiger partial charge on any atom is -0.380 e. The molecule has 0 saturated carbocycles. The van der Waals surface area contributed by atoms with E-state index >= 15 is 0 Å². The Morgan fingerprint density at radius 3 is 2.56 bits per heavy atom. The zero-order valence-electron chi connectivity index (χ0n) is 22.1. The maximum atomic E-state index is 13.3. The number of fused-ring (bicyclic) bond motifs is 1. The van der Waals surface area contributed by atoms with Crippen molar-refractivity contribution in [3.8, 4) is 0 Å². The molecule has 2 aromatic carbocycles. The van der Waals surface area contributed by atoms with Crippen molar-refractivity contribution in [3.63, 3.8) is 0 Å². The number of rotatable bonds is 7. The fourth-order valence-electron chi connectivity index (χ4n) is 5.99. The number of carbonyl (C=O) groups excluding carboxylic acids is 4. The standard InChI is InChI=1S/C29H33N5O5/c1-18-13-19(5-6-20(18)15-32-16-21(17-32)33-9-11-39-12-10-33)14-30-23-4-2-3-22-26(23)29(38)34(28(22)37)24-7-8-25(35)31-27(24)36/h2-6,13,21,24,30H,7-12,14-17H2,1H3,(H,31,35,36). The van der Waals surface area contributed by atoms with Gasteiger partial charge in [0.2, 0.25) is 11.8 Å². The number of piperidine rings is 1. The first-order valence-corrected chi connectivity index (χ1v) is 13.6. The number of morpholine rings is 1. The Morgan fingerprint density at radius 2 is 1.82 bits per heavy atom. The Balaban J connectivity index is 1.09. The summed E-state index contributed by atoms with van der Waals surface area (Å²) >= 11 is 0. The lowest BCUT2D eigenvalue weighted by molar-refractivity contribution is -0.136. The number of hydrogen-bond acceptors (Lipinski definition) is 8. The summed E-state index contributed by atoms with van der Waals surface area (Å²) < 4.78 is 5.47. The minimum atomic E-state index is -0.978. The van der Waals surface area contributed by atoms with Gasteiger partial charge in [0.05, 0.1) is 24.3 Å². The van der Waals surface area contributed by atoms with Gasteiger partial charge >= 0.3 is 0 Å². The lowest BCUT2D eigenvalue weighted by Crippen LogP contribution is -2.60. The van der Waals surface area contributed by atoms with Gasteiger partial charge in [0.15, 0.2) is 0 Å². The van der Waals surface area contributed by atoms with Crippen molar-refractivity contribution >= 4 is 29.3 Å². The van der Waals surface area contributed by atoms with Gasteiger partial charge in [-0.2, -0.15) is 0 Å². The van der Waals surface area contributed by atoms with E-state index in [4.69, 9.17) is 4.74 Å². The van der Waals surface area contributed by atoms with Crippen LogP contribution in [0.4, 0.5) is 5.69 Å². The molecule has 4 aliphatic rings. The lowest BCUT2D eigenvalue weighted by atomic mass is 10.0. The Hall–Kier alpha value is -3.60. The number of hydrogen-bond donors (Lipinski definition) is 2. The zero-order chi connectivity index (χ0) is 27.1. The van der Waals surface area contributed by atoms with Crippen LogP contribution >= 0.6 is 0 Å². The second kappa shape index (κ2) is 10.5. The quantitative estimate of drug-likeness (QED) is 0.518. The average Bonchev–Trinajstić information content (AvgIpc) is 3.16. The van der Waals surface area contributed by atoms with E-state index in [0.717, 1.165) is 56.4 Å². The second-order valence-electron chi connectivity index (χ2n) is 10.8. The zero-order valence-corrected chi connectivity index (χ0v) is 22.1. The molecule has 4 amide bonds.